The third kappa shape index (κ3) is 5.91. The van der Waals surface area contributed by atoms with Crippen molar-refractivity contribution in [3.63, 3.8) is 0 Å². The Hall–Kier alpha value is -1.17. The van der Waals surface area contributed by atoms with Crippen LogP contribution in [0.3, 0.4) is 0 Å². The van der Waals surface area contributed by atoms with Gasteiger partial charge in [0, 0.05) is 38.4 Å². The lowest BCUT2D eigenvalue weighted by molar-refractivity contribution is -0.114. The third-order valence-corrected chi connectivity index (χ3v) is 5.12. The molecule has 0 atom stereocenters. The molecule has 0 saturated carbocycles. The van der Waals surface area contributed by atoms with Crippen molar-refractivity contribution in [1.29, 1.82) is 0 Å². The lowest BCUT2D eigenvalue weighted by Gasteiger charge is -2.33. The van der Waals surface area contributed by atoms with Crippen molar-refractivity contribution in [3.8, 4) is 0 Å². The van der Waals surface area contributed by atoms with Gasteiger partial charge >= 0.3 is 0 Å². The smallest absolute Gasteiger partial charge is 0.156 e. The van der Waals surface area contributed by atoms with E-state index in [0.717, 1.165) is 41.8 Å². The number of ketones is 1. The molecular weight excluding hydrogens is 312 g/mol. The van der Waals surface area contributed by atoms with Crippen molar-refractivity contribution in [2.75, 3.05) is 39.0 Å². The van der Waals surface area contributed by atoms with Gasteiger partial charge in [-0.15, -0.1) is 0 Å². The SMILES string of the molecule is CN1CCN(C(=S)SCCC(=O)/C=C/c2ccccc2)CC1. The summed E-state index contributed by atoms with van der Waals surface area (Å²) >= 11 is 7.07. The van der Waals surface area contributed by atoms with E-state index in [2.05, 4.69) is 16.8 Å². The molecule has 0 amide bonds. The van der Waals surface area contributed by atoms with Crippen LogP contribution in [-0.4, -0.2) is 58.9 Å². The van der Waals surface area contributed by atoms with Crippen molar-refractivity contribution >= 4 is 40.2 Å². The van der Waals surface area contributed by atoms with E-state index in [1.807, 2.05) is 36.4 Å². The molecule has 22 heavy (non-hydrogen) atoms. The van der Waals surface area contributed by atoms with Crippen molar-refractivity contribution in [2.45, 2.75) is 6.42 Å². The number of hydrogen-bond donors (Lipinski definition) is 0. The number of nitrogens with zero attached hydrogens (tertiary/aromatic N) is 2. The molecule has 3 nitrogen and oxygen atoms in total. The molecule has 1 aromatic carbocycles. The summed E-state index contributed by atoms with van der Waals surface area (Å²) in [5, 5.41) is 0. The molecule has 5 heteroatoms. The molecule has 0 spiro atoms. The minimum absolute atomic E-state index is 0.150. The van der Waals surface area contributed by atoms with Gasteiger partial charge in [-0.2, -0.15) is 0 Å². The summed E-state index contributed by atoms with van der Waals surface area (Å²) in [6.07, 6.45) is 4.06. The number of rotatable bonds is 5. The number of allylic oxidation sites excluding steroid dienone is 1. The predicted octanol–water partition coefficient (Wildman–Crippen LogP) is 2.92. The van der Waals surface area contributed by atoms with Crippen LogP contribution in [0.1, 0.15) is 12.0 Å². The third-order valence-electron chi connectivity index (χ3n) is 3.60. The van der Waals surface area contributed by atoms with E-state index >= 15 is 0 Å². The van der Waals surface area contributed by atoms with Crippen molar-refractivity contribution in [1.82, 2.24) is 9.80 Å². The second-order valence-corrected chi connectivity index (χ2v) is 7.09. The van der Waals surface area contributed by atoms with Crippen LogP contribution in [0.5, 0.6) is 0 Å². The fourth-order valence-electron chi connectivity index (χ4n) is 2.16. The summed E-state index contributed by atoms with van der Waals surface area (Å²) in [6, 6.07) is 9.88. The van der Waals surface area contributed by atoms with Crippen LogP contribution < -0.4 is 0 Å². The summed E-state index contributed by atoms with van der Waals surface area (Å²) in [5.74, 6) is 0.904. The zero-order valence-electron chi connectivity index (χ0n) is 12.9. The molecule has 1 heterocycles. The zero-order chi connectivity index (χ0) is 15.8. The first-order valence-electron chi connectivity index (χ1n) is 7.51. The summed E-state index contributed by atoms with van der Waals surface area (Å²) in [6.45, 7) is 4.09. The minimum Gasteiger partial charge on any atom is -0.355 e. The van der Waals surface area contributed by atoms with E-state index in [-0.39, 0.29) is 5.78 Å². The molecule has 0 unspecified atom stereocenters. The zero-order valence-corrected chi connectivity index (χ0v) is 14.5. The van der Waals surface area contributed by atoms with Gasteiger partial charge in [-0.1, -0.05) is 60.4 Å². The lowest BCUT2D eigenvalue weighted by atomic mass is 10.2. The average Bonchev–Trinajstić information content (AvgIpc) is 2.54. The molecule has 1 aromatic rings. The van der Waals surface area contributed by atoms with Crippen LogP contribution in [0.25, 0.3) is 6.08 Å². The number of piperazine rings is 1. The van der Waals surface area contributed by atoms with Gasteiger partial charge in [0.15, 0.2) is 5.78 Å². The number of thiocarbonyl (C=S) groups is 1. The number of carbonyl (C=O) groups is 1. The first-order chi connectivity index (χ1) is 10.6. The molecule has 0 bridgehead atoms. The molecular formula is C17H22N2OS2. The summed E-state index contributed by atoms with van der Waals surface area (Å²) in [7, 11) is 2.13. The van der Waals surface area contributed by atoms with E-state index in [4.69, 9.17) is 12.2 Å². The Morgan fingerprint density at radius 3 is 2.59 bits per heavy atom. The topological polar surface area (TPSA) is 23.6 Å². The molecule has 0 N–H and O–H groups in total. The van der Waals surface area contributed by atoms with Crippen LogP contribution in [0.4, 0.5) is 0 Å². The van der Waals surface area contributed by atoms with Crippen molar-refractivity contribution in [3.05, 3.63) is 42.0 Å². The van der Waals surface area contributed by atoms with Crippen LogP contribution in [-0.2, 0) is 4.79 Å². The predicted molar refractivity (Wildman–Crippen MR) is 99.2 cm³/mol. The highest BCUT2D eigenvalue weighted by atomic mass is 32.2. The second kappa shape index (κ2) is 9.08. The normalized spacial score (nSPS) is 16.1. The highest BCUT2D eigenvalue weighted by molar-refractivity contribution is 8.22. The number of thioether (sulfide) groups is 1. The van der Waals surface area contributed by atoms with Crippen molar-refractivity contribution in [2.24, 2.45) is 0 Å². The van der Waals surface area contributed by atoms with E-state index < -0.39 is 0 Å². The van der Waals surface area contributed by atoms with Gasteiger partial charge in [0.2, 0.25) is 0 Å². The van der Waals surface area contributed by atoms with Crippen molar-refractivity contribution < 1.29 is 4.79 Å². The summed E-state index contributed by atoms with van der Waals surface area (Å²) in [5.41, 5.74) is 1.05. The van der Waals surface area contributed by atoms with Crippen LogP contribution in [0.2, 0.25) is 0 Å². The first-order valence-corrected chi connectivity index (χ1v) is 8.91. The number of carbonyl (C=O) groups excluding carboxylic acids is 1. The number of benzene rings is 1. The van der Waals surface area contributed by atoms with Gasteiger partial charge in [-0.3, -0.25) is 4.79 Å². The largest absolute Gasteiger partial charge is 0.355 e. The molecule has 1 aliphatic rings. The van der Waals surface area contributed by atoms with Gasteiger partial charge in [0.1, 0.15) is 4.32 Å². The lowest BCUT2D eigenvalue weighted by Crippen LogP contribution is -2.45. The van der Waals surface area contributed by atoms with E-state index in [1.54, 1.807) is 17.8 Å². The molecule has 1 aliphatic heterocycles. The first kappa shape index (κ1) is 17.2. The maximum Gasteiger partial charge on any atom is 0.156 e. The number of likely N-dealkylation sites (N-methyl/N-ethyl adjacent to an activating group) is 1. The van der Waals surface area contributed by atoms with Gasteiger partial charge < -0.3 is 9.80 Å². The Kier molecular flexibility index (Phi) is 7.09. The van der Waals surface area contributed by atoms with Gasteiger partial charge in [-0.25, -0.2) is 0 Å². The monoisotopic (exact) mass is 334 g/mol. The van der Waals surface area contributed by atoms with E-state index in [1.165, 1.54) is 0 Å². The van der Waals surface area contributed by atoms with Crippen LogP contribution in [0, 0.1) is 0 Å². The van der Waals surface area contributed by atoms with Gasteiger partial charge in [0.25, 0.3) is 0 Å². The average molecular weight is 335 g/mol. The molecule has 0 aliphatic carbocycles. The molecule has 0 aromatic heterocycles. The fourth-order valence-corrected chi connectivity index (χ4v) is 3.43. The quantitative estimate of drug-likeness (QED) is 0.609. The molecule has 1 fully saturated rings. The number of hydrogen-bond acceptors (Lipinski definition) is 4. The highest BCUT2D eigenvalue weighted by Crippen LogP contribution is 2.13. The highest BCUT2D eigenvalue weighted by Gasteiger charge is 2.16. The molecule has 2 rings (SSSR count). The van der Waals surface area contributed by atoms with E-state index in [0.29, 0.717) is 6.42 Å². The summed E-state index contributed by atoms with van der Waals surface area (Å²) < 4.78 is 0.924. The maximum absolute atomic E-state index is 11.9. The Morgan fingerprint density at radius 1 is 1.23 bits per heavy atom. The molecule has 118 valence electrons. The standard InChI is InChI=1S/C17H22N2OS2/c1-18-10-12-19(13-11-18)17(21)22-14-9-16(20)8-7-15-5-3-2-4-6-15/h2-8H,9-14H2,1H3/b8-7+. The Balaban J connectivity index is 1.66. The molecule has 1 saturated heterocycles. The maximum atomic E-state index is 11.9. The fraction of sp³-hybridized carbons (Fsp3) is 0.412. The Bertz CT molecular complexity index is 523. The summed E-state index contributed by atoms with van der Waals surface area (Å²) in [4.78, 5) is 16.4. The van der Waals surface area contributed by atoms with E-state index in [9.17, 15) is 4.79 Å². The van der Waals surface area contributed by atoms with Gasteiger partial charge in [-0.05, 0) is 18.7 Å². The Morgan fingerprint density at radius 2 is 1.91 bits per heavy atom. The van der Waals surface area contributed by atoms with Gasteiger partial charge in [0.05, 0.1) is 0 Å². The van der Waals surface area contributed by atoms with Crippen LogP contribution >= 0.6 is 24.0 Å². The van der Waals surface area contributed by atoms with Crippen LogP contribution in [0.15, 0.2) is 36.4 Å². The Labute approximate surface area is 142 Å². The minimum atomic E-state index is 0.150. The molecule has 0 radical (unpaired) electrons. The second-order valence-electron chi connectivity index (χ2n) is 5.37.